The van der Waals surface area contributed by atoms with Gasteiger partial charge in [0.05, 0.1) is 29.8 Å². The fourth-order valence-corrected chi connectivity index (χ4v) is 5.56. The number of amidine groups is 1. The maximum Gasteiger partial charge on any atom is 0.254 e. The molecule has 2 aliphatic rings. The second-order valence-corrected chi connectivity index (χ2v) is 9.61. The van der Waals surface area contributed by atoms with Crippen molar-refractivity contribution in [1.29, 1.82) is 0 Å². The number of hydrogen-bond acceptors (Lipinski definition) is 5. The lowest BCUT2D eigenvalue weighted by molar-refractivity contribution is -0.127. The Morgan fingerprint density at radius 2 is 1.78 bits per heavy atom. The lowest BCUT2D eigenvalue weighted by Gasteiger charge is -2.38. The summed E-state index contributed by atoms with van der Waals surface area (Å²) in [6.07, 6.45) is 0.0833. The Hall–Kier alpha value is -3.39. The summed E-state index contributed by atoms with van der Waals surface area (Å²) >= 11 is 1.39. The van der Waals surface area contributed by atoms with Gasteiger partial charge in [0.15, 0.2) is 5.17 Å². The summed E-state index contributed by atoms with van der Waals surface area (Å²) in [5, 5.41) is 5.55. The highest BCUT2D eigenvalue weighted by atomic mass is 32.2. The van der Waals surface area contributed by atoms with Crippen LogP contribution in [-0.4, -0.2) is 39.9 Å². The standard InChI is InChI=1S/C28H31FN4O2S/c1-5-32(6-2)27(35)25-19(4)31-28-33(26(25)22-14-10-11-15-23(22)29)21(17-36-28)16-24(34)30-18(3)20-12-8-7-9-13-20/h7-15,17-18,26H,5-6,16H2,1-4H3,(H,30,34)/t18-,26-/m1/s1. The molecule has 2 aromatic rings. The molecular weight excluding hydrogens is 475 g/mol. The zero-order valence-electron chi connectivity index (χ0n) is 21.0. The maximum atomic E-state index is 15.2. The first-order valence-electron chi connectivity index (χ1n) is 12.2. The van der Waals surface area contributed by atoms with Gasteiger partial charge in [0.25, 0.3) is 5.91 Å². The number of fused-ring (bicyclic) bond motifs is 1. The zero-order chi connectivity index (χ0) is 25.8. The van der Waals surface area contributed by atoms with Crippen LogP contribution in [0.25, 0.3) is 0 Å². The van der Waals surface area contributed by atoms with Crippen LogP contribution >= 0.6 is 11.8 Å². The third-order valence-corrected chi connectivity index (χ3v) is 7.39. The van der Waals surface area contributed by atoms with E-state index in [1.165, 1.54) is 17.8 Å². The monoisotopic (exact) mass is 506 g/mol. The van der Waals surface area contributed by atoms with Crippen LogP contribution in [0, 0.1) is 5.82 Å². The van der Waals surface area contributed by atoms with Gasteiger partial charge < -0.3 is 15.1 Å². The number of allylic oxidation sites excluding steroid dienone is 1. The van der Waals surface area contributed by atoms with Crippen LogP contribution in [0.1, 0.15) is 57.3 Å². The van der Waals surface area contributed by atoms with Gasteiger partial charge in [-0.1, -0.05) is 60.3 Å². The minimum absolute atomic E-state index is 0.0833. The highest BCUT2D eigenvalue weighted by molar-refractivity contribution is 8.16. The molecule has 0 saturated carbocycles. The van der Waals surface area contributed by atoms with Gasteiger partial charge in [-0.2, -0.15) is 0 Å². The van der Waals surface area contributed by atoms with Crippen molar-refractivity contribution in [3.63, 3.8) is 0 Å². The molecule has 8 heteroatoms. The van der Waals surface area contributed by atoms with Crippen molar-refractivity contribution < 1.29 is 14.0 Å². The first kappa shape index (κ1) is 25.7. The predicted octanol–water partition coefficient (Wildman–Crippen LogP) is 5.54. The number of nitrogens with zero attached hydrogens (tertiary/aromatic N) is 3. The average Bonchev–Trinajstić information content (AvgIpc) is 3.26. The number of carbonyl (C=O) groups is 2. The van der Waals surface area contributed by atoms with Crippen molar-refractivity contribution in [2.24, 2.45) is 4.99 Å². The van der Waals surface area contributed by atoms with Crippen molar-refractivity contribution in [1.82, 2.24) is 15.1 Å². The molecule has 2 heterocycles. The second kappa shape index (κ2) is 11.1. The van der Waals surface area contributed by atoms with Gasteiger partial charge in [0.1, 0.15) is 5.82 Å². The normalized spacial score (nSPS) is 17.8. The summed E-state index contributed by atoms with van der Waals surface area (Å²) in [7, 11) is 0. The van der Waals surface area contributed by atoms with Crippen LogP contribution in [0.2, 0.25) is 0 Å². The summed E-state index contributed by atoms with van der Waals surface area (Å²) < 4.78 is 15.2. The number of benzene rings is 2. The average molecular weight is 507 g/mol. The van der Waals surface area contributed by atoms with Gasteiger partial charge in [0.2, 0.25) is 5.91 Å². The second-order valence-electron chi connectivity index (χ2n) is 8.77. The van der Waals surface area contributed by atoms with Gasteiger partial charge in [0, 0.05) is 24.4 Å². The molecule has 6 nitrogen and oxygen atoms in total. The first-order valence-corrected chi connectivity index (χ1v) is 13.1. The van der Waals surface area contributed by atoms with Crippen molar-refractivity contribution in [3.05, 3.63) is 93.9 Å². The molecule has 0 aromatic heterocycles. The predicted molar refractivity (Wildman–Crippen MR) is 142 cm³/mol. The van der Waals surface area contributed by atoms with E-state index < -0.39 is 11.9 Å². The van der Waals surface area contributed by atoms with Gasteiger partial charge in [-0.3, -0.25) is 9.59 Å². The van der Waals surface area contributed by atoms with Crippen LogP contribution in [0.3, 0.4) is 0 Å². The van der Waals surface area contributed by atoms with E-state index in [2.05, 4.69) is 5.32 Å². The lowest BCUT2D eigenvalue weighted by atomic mass is 9.92. The highest BCUT2D eigenvalue weighted by Crippen LogP contribution is 2.45. The van der Waals surface area contributed by atoms with E-state index in [0.29, 0.717) is 40.8 Å². The molecule has 0 aliphatic carbocycles. The van der Waals surface area contributed by atoms with Gasteiger partial charge in [-0.05, 0) is 44.7 Å². The molecule has 0 unspecified atom stereocenters. The molecule has 4 rings (SSSR count). The molecule has 0 bridgehead atoms. The van der Waals surface area contributed by atoms with Crippen molar-refractivity contribution >= 4 is 28.7 Å². The number of thioether (sulfide) groups is 1. The Kier molecular flexibility index (Phi) is 7.94. The Morgan fingerprint density at radius 3 is 2.44 bits per heavy atom. The number of hydrogen-bond donors (Lipinski definition) is 1. The van der Waals surface area contributed by atoms with Crippen LogP contribution in [0.15, 0.2) is 82.0 Å². The number of amides is 2. The molecule has 2 aromatic carbocycles. The Balaban J connectivity index is 1.67. The van der Waals surface area contributed by atoms with E-state index in [9.17, 15) is 9.59 Å². The highest BCUT2D eigenvalue weighted by Gasteiger charge is 2.42. The van der Waals surface area contributed by atoms with Gasteiger partial charge in [-0.15, -0.1) is 0 Å². The number of rotatable bonds is 8. The van der Waals surface area contributed by atoms with Gasteiger partial charge >= 0.3 is 0 Å². The van der Waals surface area contributed by atoms with Crippen molar-refractivity contribution in [2.75, 3.05) is 13.1 Å². The SMILES string of the molecule is CCN(CC)C(=O)C1=C(C)N=C2SC=C(CC(=O)N[C@H](C)c3ccccc3)N2[C@@H]1c1ccccc1F. The quantitative estimate of drug-likeness (QED) is 0.511. The summed E-state index contributed by atoms with van der Waals surface area (Å²) in [5.41, 5.74) is 3.07. The number of likely N-dealkylation sites (N-methyl/N-ethyl adjacent to an activating group) is 1. The molecule has 2 aliphatic heterocycles. The van der Waals surface area contributed by atoms with E-state index >= 15 is 4.39 Å². The van der Waals surface area contributed by atoms with Crippen LogP contribution in [0.5, 0.6) is 0 Å². The van der Waals surface area contributed by atoms with E-state index in [4.69, 9.17) is 4.99 Å². The molecule has 0 radical (unpaired) electrons. The van der Waals surface area contributed by atoms with E-state index in [0.717, 1.165) is 5.56 Å². The summed E-state index contributed by atoms with van der Waals surface area (Å²) in [6, 6.07) is 15.4. The molecule has 0 saturated heterocycles. The Bertz CT molecular complexity index is 1240. The number of aliphatic imine (C=N–C) groups is 1. The number of halogens is 1. The van der Waals surface area contributed by atoms with Crippen molar-refractivity contribution in [2.45, 2.75) is 46.2 Å². The molecule has 2 amide bonds. The molecule has 0 fully saturated rings. The van der Waals surface area contributed by atoms with Crippen LogP contribution in [-0.2, 0) is 9.59 Å². The largest absolute Gasteiger partial charge is 0.349 e. The summed E-state index contributed by atoms with van der Waals surface area (Å²) in [4.78, 5) is 35.0. The summed E-state index contributed by atoms with van der Waals surface area (Å²) in [6.45, 7) is 8.63. The topological polar surface area (TPSA) is 65.0 Å². The van der Waals surface area contributed by atoms with Crippen LogP contribution < -0.4 is 5.32 Å². The summed E-state index contributed by atoms with van der Waals surface area (Å²) in [5.74, 6) is -0.735. The smallest absolute Gasteiger partial charge is 0.254 e. The molecule has 36 heavy (non-hydrogen) atoms. The number of carbonyl (C=O) groups excluding carboxylic acids is 2. The van der Waals surface area contributed by atoms with E-state index in [1.807, 2.05) is 61.4 Å². The minimum Gasteiger partial charge on any atom is -0.349 e. The fourth-order valence-electron chi connectivity index (χ4n) is 4.60. The Labute approximate surface area is 216 Å². The molecular formula is C28H31FN4O2S. The number of nitrogens with one attached hydrogen (secondary N) is 1. The van der Waals surface area contributed by atoms with Gasteiger partial charge in [-0.25, -0.2) is 9.38 Å². The third-order valence-electron chi connectivity index (χ3n) is 6.50. The Morgan fingerprint density at radius 1 is 1.11 bits per heavy atom. The molecule has 188 valence electrons. The lowest BCUT2D eigenvalue weighted by Crippen LogP contribution is -2.42. The van der Waals surface area contributed by atoms with Crippen LogP contribution in [0.4, 0.5) is 4.39 Å². The zero-order valence-corrected chi connectivity index (χ0v) is 21.8. The third kappa shape index (κ3) is 5.09. The van der Waals surface area contributed by atoms with E-state index in [-0.39, 0.29) is 24.3 Å². The van der Waals surface area contributed by atoms with E-state index in [1.54, 1.807) is 30.0 Å². The molecule has 0 spiro atoms. The fraction of sp³-hybridized carbons (Fsp3) is 0.321. The first-order chi connectivity index (χ1) is 17.3. The maximum absolute atomic E-state index is 15.2. The molecule has 2 atom stereocenters. The van der Waals surface area contributed by atoms with Crippen molar-refractivity contribution in [3.8, 4) is 0 Å². The molecule has 1 N–H and O–H groups in total. The minimum atomic E-state index is -0.715.